The molecule has 0 fully saturated rings. The number of benzene rings is 3. The Morgan fingerprint density at radius 1 is 0.932 bits per heavy atom. The molecule has 3 rings (SSSR count). The maximum atomic E-state index is 14.3. The quantitative estimate of drug-likeness (QED) is 0.258. The molecule has 2 amide bonds. The van der Waals surface area contributed by atoms with Crippen molar-refractivity contribution >= 4 is 55.1 Å². The van der Waals surface area contributed by atoms with E-state index in [1.807, 2.05) is 45.0 Å². The van der Waals surface area contributed by atoms with Crippen LogP contribution in [0.4, 0.5) is 5.69 Å². The van der Waals surface area contributed by atoms with E-state index < -0.39 is 40.0 Å². The van der Waals surface area contributed by atoms with Crippen LogP contribution >= 0.6 is 27.5 Å². The summed E-state index contributed by atoms with van der Waals surface area (Å²) in [5.41, 5.74) is 0.211. The lowest BCUT2D eigenvalue weighted by Crippen LogP contribution is -2.54. The fourth-order valence-corrected chi connectivity index (χ4v) is 6.41. The lowest BCUT2D eigenvalue weighted by Gasteiger charge is -2.34. The van der Waals surface area contributed by atoms with Crippen LogP contribution in [0.3, 0.4) is 0 Å². The van der Waals surface area contributed by atoms with Crippen molar-refractivity contribution in [3.63, 3.8) is 0 Å². The summed E-state index contributed by atoms with van der Waals surface area (Å²) in [5.74, 6) is -0.346. The third-order valence-corrected chi connectivity index (χ3v) is 9.02. The molecule has 0 heterocycles. The van der Waals surface area contributed by atoms with E-state index in [-0.39, 0.29) is 33.6 Å². The highest BCUT2D eigenvalue weighted by molar-refractivity contribution is 9.10. The van der Waals surface area contributed by atoms with Crippen molar-refractivity contribution < 1.29 is 32.2 Å². The smallest absolute Gasteiger partial charge is 0.265 e. The summed E-state index contributed by atoms with van der Waals surface area (Å²) in [6.45, 7) is 6.47. The lowest BCUT2D eigenvalue weighted by molar-refractivity contribution is -0.140. The second-order valence-corrected chi connectivity index (χ2v) is 14.1. The van der Waals surface area contributed by atoms with Crippen LogP contribution in [0.1, 0.15) is 33.3 Å². The van der Waals surface area contributed by atoms with E-state index in [1.54, 1.807) is 13.0 Å². The van der Waals surface area contributed by atoms with Crippen molar-refractivity contribution in [2.45, 2.75) is 50.7 Å². The molecular weight excluding hydrogens is 674 g/mol. The molecule has 44 heavy (non-hydrogen) atoms. The van der Waals surface area contributed by atoms with E-state index in [1.165, 1.54) is 56.6 Å². The van der Waals surface area contributed by atoms with E-state index in [0.29, 0.717) is 5.75 Å². The van der Waals surface area contributed by atoms with Gasteiger partial charge in [0.1, 0.15) is 18.3 Å². The average molecular weight is 711 g/mol. The number of sulfonamides is 1. The van der Waals surface area contributed by atoms with Crippen LogP contribution < -0.4 is 23.8 Å². The first-order chi connectivity index (χ1) is 20.6. The molecule has 10 nitrogen and oxygen atoms in total. The lowest BCUT2D eigenvalue weighted by atomic mass is 10.1. The van der Waals surface area contributed by atoms with Gasteiger partial charge in [0.15, 0.2) is 11.5 Å². The number of hydrogen-bond acceptors (Lipinski definition) is 7. The number of carbonyl (C=O) groups is 2. The van der Waals surface area contributed by atoms with Crippen LogP contribution in [-0.4, -0.2) is 64.6 Å². The number of halogens is 2. The number of nitrogens with one attached hydrogen (secondary N) is 1. The Kier molecular flexibility index (Phi) is 11.6. The van der Waals surface area contributed by atoms with Crippen LogP contribution in [-0.2, 0) is 26.2 Å². The van der Waals surface area contributed by atoms with Crippen molar-refractivity contribution in [1.29, 1.82) is 0 Å². The van der Waals surface area contributed by atoms with Gasteiger partial charge < -0.3 is 24.4 Å². The normalized spacial score (nSPS) is 12.2. The number of methoxy groups -OCH3 is 3. The summed E-state index contributed by atoms with van der Waals surface area (Å²) in [4.78, 5) is 28.7. The SMILES string of the molecule is COc1ccc(S(=O)(=O)N(CC(=O)N(Cc2cccc(Br)c2)[C@@H](C)C(=O)NC(C)(C)C)c2cc(Cl)ccc2OC)cc1OC. The zero-order chi connectivity index (χ0) is 32.8. The maximum absolute atomic E-state index is 14.3. The second kappa shape index (κ2) is 14.5. The predicted octanol–water partition coefficient (Wildman–Crippen LogP) is 5.66. The van der Waals surface area contributed by atoms with Gasteiger partial charge in [-0.15, -0.1) is 0 Å². The number of rotatable bonds is 12. The van der Waals surface area contributed by atoms with Gasteiger partial charge in [0.05, 0.1) is 31.9 Å². The maximum Gasteiger partial charge on any atom is 0.265 e. The zero-order valence-electron chi connectivity index (χ0n) is 25.7. The van der Waals surface area contributed by atoms with Crippen molar-refractivity contribution in [2.24, 2.45) is 0 Å². The Morgan fingerprint density at radius 3 is 2.16 bits per heavy atom. The van der Waals surface area contributed by atoms with Crippen LogP contribution in [0.15, 0.2) is 70.0 Å². The molecular formula is C31H37BrClN3O7S. The molecule has 0 unspecified atom stereocenters. The Morgan fingerprint density at radius 2 is 1.57 bits per heavy atom. The molecule has 0 saturated carbocycles. The van der Waals surface area contributed by atoms with E-state index in [2.05, 4.69) is 21.2 Å². The molecule has 0 bridgehead atoms. The van der Waals surface area contributed by atoms with E-state index in [0.717, 1.165) is 14.3 Å². The summed E-state index contributed by atoms with van der Waals surface area (Å²) in [6, 6.07) is 14.9. The van der Waals surface area contributed by atoms with Crippen molar-refractivity contribution in [2.75, 3.05) is 32.2 Å². The summed E-state index contributed by atoms with van der Waals surface area (Å²) in [6.07, 6.45) is 0. The van der Waals surface area contributed by atoms with Gasteiger partial charge in [-0.1, -0.05) is 39.7 Å². The van der Waals surface area contributed by atoms with Gasteiger partial charge >= 0.3 is 0 Å². The van der Waals surface area contributed by atoms with Crippen LogP contribution in [0, 0.1) is 0 Å². The van der Waals surface area contributed by atoms with E-state index >= 15 is 0 Å². The second-order valence-electron chi connectivity index (χ2n) is 10.9. The Hall–Kier alpha value is -3.48. The monoisotopic (exact) mass is 709 g/mol. The van der Waals surface area contributed by atoms with Gasteiger partial charge in [-0.2, -0.15) is 0 Å². The molecule has 0 spiro atoms. The molecule has 3 aromatic rings. The van der Waals surface area contributed by atoms with Gasteiger partial charge in [0.25, 0.3) is 10.0 Å². The fraction of sp³-hybridized carbons (Fsp3) is 0.355. The molecule has 0 radical (unpaired) electrons. The molecule has 3 aromatic carbocycles. The zero-order valence-corrected chi connectivity index (χ0v) is 28.8. The molecule has 1 N–H and O–H groups in total. The minimum atomic E-state index is -4.44. The van der Waals surface area contributed by atoms with Crippen molar-refractivity contribution in [3.05, 3.63) is 75.7 Å². The standard InChI is InChI=1S/C31H37BrClN3O7S/c1-20(30(38)34-31(2,3)4)35(18-21-9-8-10-22(32)15-21)29(37)19-36(25-16-23(33)11-13-26(25)41-5)44(39,40)24-12-14-27(42-6)28(17-24)43-7/h8-17,20H,18-19H2,1-7H3,(H,34,38)/t20-/m0/s1. The molecule has 0 aliphatic carbocycles. The summed E-state index contributed by atoms with van der Waals surface area (Å²) in [7, 11) is -0.234. The molecule has 0 saturated heterocycles. The van der Waals surface area contributed by atoms with Crippen LogP contribution in [0.2, 0.25) is 5.02 Å². The third-order valence-electron chi connectivity index (χ3n) is 6.54. The van der Waals surface area contributed by atoms with Gasteiger partial charge in [-0.05, 0) is 75.7 Å². The van der Waals surface area contributed by atoms with Crippen LogP contribution in [0.5, 0.6) is 17.2 Å². The molecule has 0 aliphatic rings. The van der Waals surface area contributed by atoms with E-state index in [9.17, 15) is 18.0 Å². The van der Waals surface area contributed by atoms with Crippen LogP contribution in [0.25, 0.3) is 0 Å². The highest BCUT2D eigenvalue weighted by Crippen LogP contribution is 2.37. The molecule has 1 atom stereocenters. The highest BCUT2D eigenvalue weighted by atomic mass is 79.9. The number of hydrogen-bond donors (Lipinski definition) is 1. The van der Waals surface area contributed by atoms with Crippen molar-refractivity contribution in [3.8, 4) is 17.2 Å². The Balaban J connectivity index is 2.16. The summed E-state index contributed by atoms with van der Waals surface area (Å²) >= 11 is 9.76. The minimum Gasteiger partial charge on any atom is -0.495 e. The first-order valence-electron chi connectivity index (χ1n) is 13.6. The van der Waals surface area contributed by atoms with Gasteiger partial charge in [-0.3, -0.25) is 13.9 Å². The number of nitrogens with zero attached hydrogens (tertiary/aromatic N) is 2. The number of carbonyl (C=O) groups excluding carboxylic acids is 2. The first kappa shape index (κ1) is 35.0. The van der Waals surface area contributed by atoms with E-state index in [4.69, 9.17) is 25.8 Å². The molecule has 13 heteroatoms. The van der Waals surface area contributed by atoms with Gasteiger partial charge in [0, 0.05) is 27.6 Å². The highest BCUT2D eigenvalue weighted by Gasteiger charge is 2.35. The molecule has 0 aromatic heterocycles. The van der Waals surface area contributed by atoms with Gasteiger partial charge in [-0.25, -0.2) is 8.42 Å². The molecule has 238 valence electrons. The topological polar surface area (TPSA) is 114 Å². The predicted molar refractivity (Wildman–Crippen MR) is 174 cm³/mol. The number of ether oxygens (including phenoxy) is 3. The van der Waals surface area contributed by atoms with Gasteiger partial charge in [0.2, 0.25) is 11.8 Å². The summed E-state index contributed by atoms with van der Waals surface area (Å²) in [5, 5.41) is 3.13. The number of amides is 2. The largest absolute Gasteiger partial charge is 0.495 e. The first-order valence-corrected chi connectivity index (χ1v) is 16.2. The third kappa shape index (κ3) is 8.58. The number of anilines is 1. The minimum absolute atomic E-state index is 0.0356. The molecule has 0 aliphatic heterocycles. The Bertz CT molecular complexity index is 1610. The summed E-state index contributed by atoms with van der Waals surface area (Å²) < 4.78 is 46.4. The fourth-order valence-electron chi connectivity index (χ4n) is 4.36. The van der Waals surface area contributed by atoms with Crippen molar-refractivity contribution in [1.82, 2.24) is 10.2 Å². The Labute approximate surface area is 272 Å². The average Bonchev–Trinajstić information content (AvgIpc) is 2.96.